The van der Waals surface area contributed by atoms with Crippen molar-refractivity contribution in [3.05, 3.63) is 36.2 Å². The highest BCUT2D eigenvalue weighted by atomic mass is 19.1. The van der Waals surface area contributed by atoms with Crippen LogP contribution < -0.4 is 22.1 Å². The van der Waals surface area contributed by atoms with Gasteiger partial charge in [-0.15, -0.1) is 0 Å². The van der Waals surface area contributed by atoms with Crippen LogP contribution in [-0.4, -0.2) is 32.8 Å². The van der Waals surface area contributed by atoms with E-state index in [0.29, 0.717) is 12.2 Å². The van der Waals surface area contributed by atoms with Crippen molar-refractivity contribution in [3.63, 3.8) is 0 Å². The first-order chi connectivity index (χ1) is 12.6. The Morgan fingerprint density at radius 1 is 1.26 bits per heavy atom. The molecule has 0 radical (unpaired) electrons. The summed E-state index contributed by atoms with van der Waals surface area (Å²) in [6.07, 6.45) is 4.22. The van der Waals surface area contributed by atoms with Gasteiger partial charge >= 0.3 is 0 Å². The maximum Gasteiger partial charge on any atom is 0.271 e. The van der Waals surface area contributed by atoms with Crippen LogP contribution in [0.1, 0.15) is 37.7 Å². The third-order valence-electron chi connectivity index (χ3n) is 3.85. The molecular formula is C17H22FN7O2. The van der Waals surface area contributed by atoms with Crippen LogP contribution in [0.15, 0.2) is 24.7 Å². The zero-order chi connectivity index (χ0) is 20.2. The highest BCUT2D eigenvalue weighted by Crippen LogP contribution is 2.24. The average molecular weight is 375 g/mol. The lowest BCUT2D eigenvalue weighted by Gasteiger charge is -2.25. The molecule has 0 spiro atoms. The number of nitrogens with zero attached hydrogens (tertiary/aromatic N) is 3. The SMILES string of the molecule is CC(CC(C)(C)C(N)=O)Nc1cnc(C(N)=O)c(Nc2cncc(F)c2)n1. The highest BCUT2D eigenvalue weighted by molar-refractivity contribution is 5.96. The number of hydrogen-bond donors (Lipinski definition) is 4. The number of anilines is 3. The van der Waals surface area contributed by atoms with Crippen LogP contribution in [0.4, 0.5) is 21.7 Å². The molecule has 2 rings (SSSR count). The third-order valence-corrected chi connectivity index (χ3v) is 3.85. The second-order valence-electron chi connectivity index (χ2n) is 6.83. The molecule has 1 unspecified atom stereocenters. The molecule has 27 heavy (non-hydrogen) atoms. The number of carbonyl (C=O) groups is 2. The lowest BCUT2D eigenvalue weighted by atomic mass is 9.85. The topological polar surface area (TPSA) is 149 Å². The van der Waals surface area contributed by atoms with E-state index < -0.39 is 23.0 Å². The number of primary amides is 2. The number of amides is 2. The zero-order valence-electron chi connectivity index (χ0n) is 15.3. The predicted octanol–water partition coefficient (Wildman–Crippen LogP) is 1.56. The Kier molecular flexibility index (Phi) is 5.88. The molecule has 0 bridgehead atoms. The van der Waals surface area contributed by atoms with E-state index in [1.807, 2.05) is 6.92 Å². The molecule has 2 aromatic rings. The Morgan fingerprint density at radius 2 is 1.96 bits per heavy atom. The summed E-state index contributed by atoms with van der Waals surface area (Å²) in [6.45, 7) is 5.36. The molecule has 9 nitrogen and oxygen atoms in total. The summed E-state index contributed by atoms with van der Waals surface area (Å²) in [7, 11) is 0. The second kappa shape index (κ2) is 7.94. The van der Waals surface area contributed by atoms with Gasteiger partial charge in [0.2, 0.25) is 5.91 Å². The number of nitrogens with two attached hydrogens (primary N) is 2. The van der Waals surface area contributed by atoms with Gasteiger partial charge in [0.15, 0.2) is 11.5 Å². The zero-order valence-corrected chi connectivity index (χ0v) is 15.3. The second-order valence-corrected chi connectivity index (χ2v) is 6.83. The van der Waals surface area contributed by atoms with Gasteiger partial charge in [0.1, 0.15) is 11.6 Å². The van der Waals surface area contributed by atoms with Gasteiger partial charge in [0.05, 0.1) is 24.3 Å². The summed E-state index contributed by atoms with van der Waals surface area (Å²) in [5.41, 5.74) is 10.2. The Hall–Kier alpha value is -3.30. The number of nitrogens with one attached hydrogen (secondary N) is 2. The fourth-order valence-electron chi connectivity index (χ4n) is 2.51. The van der Waals surface area contributed by atoms with Crippen LogP contribution in [0, 0.1) is 11.2 Å². The first-order valence-corrected chi connectivity index (χ1v) is 8.19. The van der Waals surface area contributed by atoms with Crippen LogP contribution in [0.2, 0.25) is 0 Å². The van der Waals surface area contributed by atoms with Crippen molar-refractivity contribution < 1.29 is 14.0 Å². The lowest BCUT2D eigenvalue weighted by Crippen LogP contribution is -2.36. The van der Waals surface area contributed by atoms with Gasteiger partial charge in [-0.25, -0.2) is 14.4 Å². The van der Waals surface area contributed by atoms with Crippen LogP contribution in [-0.2, 0) is 4.79 Å². The Labute approximate surface area is 155 Å². The molecule has 0 saturated carbocycles. The van der Waals surface area contributed by atoms with E-state index in [9.17, 15) is 14.0 Å². The van der Waals surface area contributed by atoms with Crippen molar-refractivity contribution in [1.82, 2.24) is 15.0 Å². The third kappa shape index (κ3) is 5.33. The van der Waals surface area contributed by atoms with Gasteiger partial charge in [-0.05, 0) is 13.3 Å². The van der Waals surface area contributed by atoms with Gasteiger partial charge < -0.3 is 22.1 Å². The molecule has 0 fully saturated rings. The van der Waals surface area contributed by atoms with Crippen molar-refractivity contribution >= 4 is 29.1 Å². The molecule has 2 amide bonds. The molecule has 1 atom stereocenters. The van der Waals surface area contributed by atoms with E-state index in [0.717, 1.165) is 6.20 Å². The molecule has 6 N–H and O–H groups in total. The van der Waals surface area contributed by atoms with Crippen molar-refractivity contribution in [2.24, 2.45) is 16.9 Å². The van der Waals surface area contributed by atoms with E-state index in [4.69, 9.17) is 11.5 Å². The van der Waals surface area contributed by atoms with Gasteiger partial charge in [0, 0.05) is 17.5 Å². The smallest absolute Gasteiger partial charge is 0.271 e. The highest BCUT2D eigenvalue weighted by Gasteiger charge is 2.27. The fourth-order valence-corrected chi connectivity index (χ4v) is 2.51. The van der Waals surface area contributed by atoms with Crippen molar-refractivity contribution in [2.75, 3.05) is 10.6 Å². The largest absolute Gasteiger partial charge is 0.369 e. The van der Waals surface area contributed by atoms with E-state index in [1.165, 1.54) is 18.5 Å². The van der Waals surface area contributed by atoms with Gasteiger partial charge in [0.25, 0.3) is 5.91 Å². The molecule has 0 aromatic carbocycles. The molecular weight excluding hydrogens is 353 g/mol. The Balaban J connectivity index is 2.24. The minimum absolute atomic E-state index is 0.0567. The number of hydrogen-bond acceptors (Lipinski definition) is 7. The quantitative estimate of drug-likeness (QED) is 0.547. The Bertz CT molecular complexity index is 857. The molecule has 0 aliphatic heterocycles. The summed E-state index contributed by atoms with van der Waals surface area (Å²) >= 11 is 0. The van der Waals surface area contributed by atoms with Crippen LogP contribution >= 0.6 is 0 Å². The Morgan fingerprint density at radius 3 is 2.56 bits per heavy atom. The number of aromatic nitrogens is 3. The minimum atomic E-state index is -0.788. The van der Waals surface area contributed by atoms with Crippen molar-refractivity contribution in [2.45, 2.75) is 33.2 Å². The standard InChI is InChI=1S/C17H22FN7O2/c1-9(5-17(2,3)16(20)27)23-12-8-22-13(14(19)26)15(25-12)24-11-4-10(18)6-21-7-11/h4,6-9H,5H2,1-3H3,(H2,19,26)(H2,20,27)(H2,23,24,25). The summed E-state index contributed by atoms with van der Waals surface area (Å²) in [5, 5.41) is 5.88. The molecule has 10 heteroatoms. The average Bonchev–Trinajstić information content (AvgIpc) is 2.54. The first-order valence-electron chi connectivity index (χ1n) is 8.19. The summed E-state index contributed by atoms with van der Waals surface area (Å²) in [5.74, 6) is -1.35. The number of carbonyl (C=O) groups excluding carboxylic acids is 2. The summed E-state index contributed by atoms with van der Waals surface area (Å²) in [6, 6.07) is 1.03. The number of rotatable bonds is 8. The molecule has 2 aromatic heterocycles. The molecule has 144 valence electrons. The molecule has 0 aliphatic carbocycles. The summed E-state index contributed by atoms with van der Waals surface area (Å²) in [4.78, 5) is 35.1. The minimum Gasteiger partial charge on any atom is -0.369 e. The van der Waals surface area contributed by atoms with Crippen molar-refractivity contribution in [1.29, 1.82) is 0 Å². The predicted molar refractivity (Wildman–Crippen MR) is 98.7 cm³/mol. The molecule has 0 saturated heterocycles. The number of pyridine rings is 1. The van der Waals surface area contributed by atoms with E-state index in [1.54, 1.807) is 13.8 Å². The maximum atomic E-state index is 13.3. The molecule has 2 heterocycles. The van der Waals surface area contributed by atoms with Crippen LogP contribution in [0.3, 0.4) is 0 Å². The van der Waals surface area contributed by atoms with Gasteiger partial charge in [-0.3, -0.25) is 14.6 Å². The van der Waals surface area contributed by atoms with Gasteiger partial charge in [-0.2, -0.15) is 0 Å². The monoisotopic (exact) mass is 375 g/mol. The fraction of sp³-hybridized carbons (Fsp3) is 0.353. The van der Waals surface area contributed by atoms with E-state index in [2.05, 4.69) is 25.6 Å². The van der Waals surface area contributed by atoms with E-state index >= 15 is 0 Å². The lowest BCUT2D eigenvalue weighted by molar-refractivity contribution is -0.126. The molecule has 0 aliphatic rings. The number of halogens is 1. The van der Waals surface area contributed by atoms with Crippen molar-refractivity contribution in [3.8, 4) is 0 Å². The van der Waals surface area contributed by atoms with E-state index in [-0.39, 0.29) is 23.2 Å². The van der Waals surface area contributed by atoms with Gasteiger partial charge in [-0.1, -0.05) is 13.8 Å². The summed E-state index contributed by atoms with van der Waals surface area (Å²) < 4.78 is 13.3. The van der Waals surface area contributed by atoms with Crippen LogP contribution in [0.5, 0.6) is 0 Å². The maximum absolute atomic E-state index is 13.3. The van der Waals surface area contributed by atoms with Crippen LogP contribution in [0.25, 0.3) is 0 Å². The first kappa shape index (κ1) is 20.0. The normalized spacial score (nSPS) is 12.3.